The van der Waals surface area contributed by atoms with Crippen molar-refractivity contribution in [3.63, 3.8) is 0 Å². The highest BCUT2D eigenvalue weighted by Crippen LogP contribution is 2.26. The van der Waals surface area contributed by atoms with Crippen LogP contribution in [0.1, 0.15) is 52.9 Å². The SMILES string of the molecule is CCN(CCNCCCCC(C)(C)C(N)=NO)C1CC1. The van der Waals surface area contributed by atoms with Crippen LogP contribution < -0.4 is 11.1 Å². The summed E-state index contributed by atoms with van der Waals surface area (Å²) in [4.78, 5) is 2.56. The van der Waals surface area contributed by atoms with Crippen LogP contribution in [-0.2, 0) is 0 Å². The van der Waals surface area contributed by atoms with Crippen molar-refractivity contribution >= 4 is 5.84 Å². The van der Waals surface area contributed by atoms with Gasteiger partial charge in [-0.25, -0.2) is 0 Å². The summed E-state index contributed by atoms with van der Waals surface area (Å²) in [5, 5.41) is 15.3. The maximum absolute atomic E-state index is 8.71. The number of nitrogens with one attached hydrogen (secondary N) is 1. The van der Waals surface area contributed by atoms with Gasteiger partial charge in [0.15, 0.2) is 0 Å². The van der Waals surface area contributed by atoms with Crippen molar-refractivity contribution in [3.8, 4) is 0 Å². The molecule has 1 saturated carbocycles. The Morgan fingerprint density at radius 3 is 2.60 bits per heavy atom. The minimum Gasteiger partial charge on any atom is -0.409 e. The number of hydrogen-bond acceptors (Lipinski definition) is 4. The second kappa shape index (κ2) is 8.47. The summed E-state index contributed by atoms with van der Waals surface area (Å²) in [5.74, 6) is 0.327. The molecule has 1 fully saturated rings. The molecule has 0 amide bonds. The van der Waals surface area contributed by atoms with Gasteiger partial charge in [0.1, 0.15) is 5.84 Å². The lowest BCUT2D eigenvalue weighted by atomic mass is 9.86. The Hall–Kier alpha value is -0.810. The number of rotatable bonds is 11. The van der Waals surface area contributed by atoms with Gasteiger partial charge in [-0.05, 0) is 38.8 Å². The van der Waals surface area contributed by atoms with E-state index in [0.29, 0.717) is 5.84 Å². The van der Waals surface area contributed by atoms with Crippen LogP contribution in [0, 0.1) is 5.41 Å². The van der Waals surface area contributed by atoms with Crippen LogP contribution in [0.25, 0.3) is 0 Å². The molecule has 0 unspecified atom stereocenters. The predicted octanol–water partition coefficient (Wildman–Crippen LogP) is 2.00. The molecule has 0 radical (unpaired) electrons. The molecule has 118 valence electrons. The third-order valence-electron chi connectivity index (χ3n) is 4.25. The normalized spacial score (nSPS) is 16.9. The van der Waals surface area contributed by atoms with Crippen LogP contribution >= 0.6 is 0 Å². The molecule has 5 heteroatoms. The van der Waals surface area contributed by atoms with Crippen molar-refractivity contribution in [2.24, 2.45) is 16.3 Å². The number of oxime groups is 1. The molecule has 0 atom stereocenters. The summed E-state index contributed by atoms with van der Waals surface area (Å²) in [7, 11) is 0. The molecule has 1 rings (SSSR count). The largest absolute Gasteiger partial charge is 0.409 e. The quantitative estimate of drug-likeness (QED) is 0.178. The summed E-state index contributed by atoms with van der Waals surface area (Å²) in [6.45, 7) is 10.7. The first kappa shape index (κ1) is 17.2. The molecule has 0 aromatic carbocycles. The molecule has 0 bridgehead atoms. The van der Waals surface area contributed by atoms with Gasteiger partial charge in [-0.3, -0.25) is 4.90 Å². The number of nitrogens with two attached hydrogens (primary N) is 1. The van der Waals surface area contributed by atoms with Crippen LogP contribution in [0.4, 0.5) is 0 Å². The molecule has 0 aliphatic heterocycles. The summed E-state index contributed by atoms with van der Waals surface area (Å²) < 4.78 is 0. The minimum absolute atomic E-state index is 0.209. The highest BCUT2D eigenvalue weighted by atomic mass is 16.4. The van der Waals surface area contributed by atoms with E-state index in [1.807, 2.05) is 13.8 Å². The molecule has 0 aromatic heterocycles. The van der Waals surface area contributed by atoms with E-state index >= 15 is 0 Å². The zero-order chi connectivity index (χ0) is 15.0. The van der Waals surface area contributed by atoms with Crippen LogP contribution in [-0.4, -0.2) is 48.2 Å². The lowest BCUT2D eigenvalue weighted by Crippen LogP contribution is -2.34. The second-order valence-corrected chi connectivity index (χ2v) is 6.44. The highest BCUT2D eigenvalue weighted by molar-refractivity contribution is 5.85. The lowest BCUT2D eigenvalue weighted by Gasteiger charge is -2.22. The summed E-state index contributed by atoms with van der Waals surface area (Å²) in [5.41, 5.74) is 5.47. The fourth-order valence-electron chi connectivity index (χ4n) is 2.47. The van der Waals surface area contributed by atoms with Crippen molar-refractivity contribution in [1.82, 2.24) is 10.2 Å². The third-order valence-corrected chi connectivity index (χ3v) is 4.25. The van der Waals surface area contributed by atoms with E-state index in [9.17, 15) is 0 Å². The van der Waals surface area contributed by atoms with Gasteiger partial charge in [-0.1, -0.05) is 32.3 Å². The van der Waals surface area contributed by atoms with E-state index in [4.69, 9.17) is 10.9 Å². The maximum Gasteiger partial charge on any atom is 0.144 e. The zero-order valence-electron chi connectivity index (χ0n) is 13.4. The van der Waals surface area contributed by atoms with E-state index in [0.717, 1.165) is 44.9 Å². The van der Waals surface area contributed by atoms with Crippen LogP contribution in [0.3, 0.4) is 0 Å². The van der Waals surface area contributed by atoms with Gasteiger partial charge in [0.05, 0.1) is 0 Å². The first-order valence-corrected chi connectivity index (χ1v) is 7.94. The summed E-state index contributed by atoms with van der Waals surface area (Å²) in [6, 6.07) is 0.864. The van der Waals surface area contributed by atoms with Gasteiger partial charge in [-0.2, -0.15) is 0 Å². The molecular formula is C15H32N4O. The second-order valence-electron chi connectivity index (χ2n) is 6.44. The zero-order valence-corrected chi connectivity index (χ0v) is 13.4. The van der Waals surface area contributed by atoms with Gasteiger partial charge in [-0.15, -0.1) is 0 Å². The van der Waals surface area contributed by atoms with Gasteiger partial charge in [0.2, 0.25) is 0 Å². The molecule has 0 spiro atoms. The fraction of sp³-hybridized carbons (Fsp3) is 0.933. The fourth-order valence-corrected chi connectivity index (χ4v) is 2.47. The van der Waals surface area contributed by atoms with Gasteiger partial charge in [0, 0.05) is 24.5 Å². The number of unbranched alkanes of at least 4 members (excludes halogenated alkanes) is 1. The molecule has 1 aliphatic carbocycles. The van der Waals surface area contributed by atoms with E-state index in [1.165, 1.54) is 19.4 Å². The molecule has 0 aromatic rings. The Kier molecular flexibility index (Phi) is 7.30. The van der Waals surface area contributed by atoms with Gasteiger partial charge in [0.25, 0.3) is 0 Å². The Bertz CT molecular complexity index is 300. The first-order valence-electron chi connectivity index (χ1n) is 7.94. The van der Waals surface area contributed by atoms with Crippen LogP contribution in [0.2, 0.25) is 0 Å². The molecule has 5 nitrogen and oxygen atoms in total. The number of likely N-dealkylation sites (N-methyl/N-ethyl adjacent to an activating group) is 1. The van der Waals surface area contributed by atoms with Crippen molar-refractivity contribution in [2.75, 3.05) is 26.2 Å². The average molecular weight is 284 g/mol. The lowest BCUT2D eigenvalue weighted by molar-refractivity contribution is 0.276. The monoisotopic (exact) mass is 284 g/mol. The van der Waals surface area contributed by atoms with Gasteiger partial charge >= 0.3 is 0 Å². The van der Waals surface area contributed by atoms with E-state index in [-0.39, 0.29) is 5.41 Å². The molecule has 1 aliphatic rings. The summed E-state index contributed by atoms with van der Waals surface area (Å²) in [6.07, 6.45) is 5.95. The topological polar surface area (TPSA) is 73.9 Å². The Morgan fingerprint density at radius 2 is 2.05 bits per heavy atom. The van der Waals surface area contributed by atoms with Crippen LogP contribution in [0.5, 0.6) is 0 Å². The molecule has 0 saturated heterocycles. The Morgan fingerprint density at radius 1 is 1.35 bits per heavy atom. The van der Waals surface area contributed by atoms with Crippen molar-refractivity contribution in [2.45, 2.75) is 58.9 Å². The van der Waals surface area contributed by atoms with E-state index in [1.54, 1.807) is 0 Å². The van der Waals surface area contributed by atoms with Crippen LogP contribution in [0.15, 0.2) is 5.16 Å². The predicted molar refractivity (Wildman–Crippen MR) is 84.2 cm³/mol. The number of amidine groups is 1. The summed E-state index contributed by atoms with van der Waals surface area (Å²) >= 11 is 0. The van der Waals surface area contributed by atoms with E-state index < -0.39 is 0 Å². The van der Waals surface area contributed by atoms with Gasteiger partial charge < -0.3 is 16.3 Å². The minimum atomic E-state index is -0.209. The standard InChI is InChI=1S/C15H32N4O/c1-4-19(13-7-8-13)12-11-17-10-6-5-9-15(2,3)14(16)18-20/h13,17,20H,4-12H2,1-3H3,(H2,16,18). The van der Waals surface area contributed by atoms with Crippen molar-refractivity contribution in [3.05, 3.63) is 0 Å². The first-order chi connectivity index (χ1) is 9.51. The number of hydrogen-bond donors (Lipinski definition) is 3. The molecule has 4 N–H and O–H groups in total. The molecular weight excluding hydrogens is 252 g/mol. The molecule has 0 heterocycles. The average Bonchev–Trinajstić information content (AvgIpc) is 3.25. The molecule has 20 heavy (non-hydrogen) atoms. The van der Waals surface area contributed by atoms with Crippen molar-refractivity contribution < 1.29 is 5.21 Å². The van der Waals surface area contributed by atoms with E-state index in [2.05, 4.69) is 22.3 Å². The Balaban J connectivity index is 1.99. The third kappa shape index (κ3) is 6.09. The van der Waals surface area contributed by atoms with Crippen molar-refractivity contribution in [1.29, 1.82) is 0 Å². The number of nitrogens with zero attached hydrogens (tertiary/aromatic N) is 2. The Labute approximate surface area is 123 Å². The maximum atomic E-state index is 8.71. The smallest absolute Gasteiger partial charge is 0.144 e. The highest BCUT2D eigenvalue weighted by Gasteiger charge is 2.27.